The summed E-state index contributed by atoms with van der Waals surface area (Å²) < 4.78 is 3.55. The van der Waals surface area contributed by atoms with Crippen molar-refractivity contribution in [2.75, 3.05) is 26.2 Å². The van der Waals surface area contributed by atoms with Crippen LogP contribution in [0.15, 0.2) is 107 Å². The van der Waals surface area contributed by atoms with Gasteiger partial charge in [-0.25, -0.2) is 0 Å². The van der Waals surface area contributed by atoms with Crippen molar-refractivity contribution in [3.05, 3.63) is 140 Å². The molecule has 2 heterocycles. The molecular weight excluding hydrogens is 600 g/mol. The number of aromatic nitrogens is 2. The largest absolute Gasteiger partial charge is 0.315 e. The smallest absolute Gasteiger partial charge is 0.258 e. The normalized spacial score (nSPS) is 12.8. The number of nitrogens with one attached hydrogen (secondary N) is 2. The third kappa shape index (κ3) is 4.75. The van der Waals surface area contributed by atoms with Crippen molar-refractivity contribution < 1.29 is 9.59 Å². The van der Waals surface area contributed by atoms with Gasteiger partial charge in [-0.05, 0) is 38.1 Å². The Morgan fingerprint density at radius 1 is 0.417 bits per heavy atom. The summed E-state index contributed by atoms with van der Waals surface area (Å²) in [6.07, 6.45) is 1.47. The maximum absolute atomic E-state index is 13.6. The molecule has 4 aromatic carbocycles. The minimum absolute atomic E-state index is 0.0251. The van der Waals surface area contributed by atoms with Gasteiger partial charge in [0.15, 0.2) is 11.6 Å². The molecular formula is C40H34N4O4. The van der Waals surface area contributed by atoms with Crippen LogP contribution < -0.4 is 21.8 Å². The zero-order chi connectivity index (χ0) is 32.8. The average molecular weight is 635 g/mol. The lowest BCUT2D eigenvalue weighted by Gasteiger charge is -2.16. The summed E-state index contributed by atoms with van der Waals surface area (Å²) in [4.78, 5) is 53.9. The number of pyridine rings is 2. The highest BCUT2D eigenvalue weighted by Crippen LogP contribution is 2.40. The summed E-state index contributed by atoms with van der Waals surface area (Å²) in [7, 11) is 0. The van der Waals surface area contributed by atoms with Crippen molar-refractivity contribution in [2.24, 2.45) is 0 Å². The second kappa shape index (κ2) is 12.3. The summed E-state index contributed by atoms with van der Waals surface area (Å²) in [6.45, 7) is 3.95. The first-order chi connectivity index (χ1) is 23.6. The Morgan fingerprint density at radius 2 is 0.771 bits per heavy atom. The number of rotatable bonds is 11. The highest BCUT2D eigenvalue weighted by molar-refractivity contribution is 6.27. The van der Waals surface area contributed by atoms with E-state index in [0.29, 0.717) is 56.9 Å². The van der Waals surface area contributed by atoms with Crippen LogP contribution in [0, 0.1) is 0 Å². The van der Waals surface area contributed by atoms with Crippen molar-refractivity contribution in [3.63, 3.8) is 0 Å². The van der Waals surface area contributed by atoms with Gasteiger partial charge in [0, 0.05) is 70.0 Å². The first-order valence-corrected chi connectivity index (χ1v) is 16.6. The molecule has 0 unspecified atom stereocenters. The highest BCUT2D eigenvalue weighted by Gasteiger charge is 2.33. The van der Waals surface area contributed by atoms with Gasteiger partial charge in [0.2, 0.25) is 0 Å². The number of hydrogen-bond acceptors (Lipinski definition) is 6. The van der Waals surface area contributed by atoms with Crippen LogP contribution in [0.1, 0.15) is 44.7 Å². The predicted molar refractivity (Wildman–Crippen MR) is 189 cm³/mol. The number of nitrogens with zero attached hydrogens (tertiary/aromatic N) is 2. The molecule has 2 aliphatic carbocycles. The van der Waals surface area contributed by atoms with Crippen molar-refractivity contribution in [2.45, 2.75) is 25.9 Å². The van der Waals surface area contributed by atoms with Gasteiger partial charge in [-0.3, -0.25) is 19.2 Å². The fourth-order valence-corrected chi connectivity index (χ4v) is 7.44. The first-order valence-electron chi connectivity index (χ1n) is 16.6. The average Bonchev–Trinajstić information content (AvgIpc) is 3.59. The lowest BCUT2D eigenvalue weighted by atomic mass is 10.0. The predicted octanol–water partition coefficient (Wildman–Crippen LogP) is 5.40. The van der Waals surface area contributed by atoms with Crippen LogP contribution in [0.5, 0.6) is 0 Å². The van der Waals surface area contributed by atoms with Gasteiger partial charge in [-0.15, -0.1) is 0 Å². The molecule has 0 atom stereocenters. The van der Waals surface area contributed by atoms with E-state index in [9.17, 15) is 19.2 Å². The quantitative estimate of drug-likeness (QED) is 0.185. The molecule has 0 saturated carbocycles. The Bertz CT molecular complexity index is 2240. The van der Waals surface area contributed by atoms with Crippen LogP contribution in [-0.2, 0) is 13.1 Å². The van der Waals surface area contributed by atoms with Gasteiger partial charge in [-0.1, -0.05) is 84.9 Å². The lowest BCUT2D eigenvalue weighted by Crippen LogP contribution is -2.31. The van der Waals surface area contributed by atoms with Crippen molar-refractivity contribution in [1.29, 1.82) is 0 Å². The van der Waals surface area contributed by atoms with E-state index < -0.39 is 0 Å². The third-order valence-electron chi connectivity index (χ3n) is 9.61. The number of carbonyl (C=O) groups is 2. The standard InChI is InChI=1S/C40H34N4O4/c45-37-29-15-5-3-13-27(29)35-33(37)25-11-1-7-17-31(25)39(47)43(35)23-9-19-41-21-22-42-20-10-24-44-36-28-14-4-6-16-30(28)38(46)34(36)26-12-2-8-18-32(26)40(44)48/h1-8,11-18,41-42H,9-10,19-24H2. The zero-order valence-corrected chi connectivity index (χ0v) is 26.4. The SMILES string of the molecule is O=C1c2ccccc2-c2c1c1ccccc1c(=O)n2CCCNCCNCCCn1c2c(c3ccccc3c1=O)C(=O)c1ccccc1-2. The van der Waals surface area contributed by atoms with E-state index in [1.807, 2.05) is 84.9 Å². The number of fused-ring (bicyclic) bond motifs is 10. The maximum atomic E-state index is 13.6. The van der Waals surface area contributed by atoms with Crippen LogP contribution in [0.4, 0.5) is 0 Å². The number of ketones is 2. The van der Waals surface area contributed by atoms with Gasteiger partial charge >= 0.3 is 0 Å². The number of hydrogen-bond donors (Lipinski definition) is 2. The van der Waals surface area contributed by atoms with E-state index in [-0.39, 0.29) is 22.7 Å². The Balaban J connectivity index is 0.879. The topological polar surface area (TPSA) is 102 Å². The molecule has 2 aromatic heterocycles. The Morgan fingerprint density at radius 3 is 1.19 bits per heavy atom. The second-order valence-electron chi connectivity index (χ2n) is 12.4. The van der Waals surface area contributed by atoms with E-state index in [2.05, 4.69) is 10.6 Å². The van der Waals surface area contributed by atoms with Crippen molar-refractivity contribution in [1.82, 2.24) is 19.8 Å². The van der Waals surface area contributed by atoms with Crippen LogP contribution >= 0.6 is 0 Å². The first kappa shape index (κ1) is 29.9. The molecule has 238 valence electrons. The van der Waals surface area contributed by atoms with Crippen LogP contribution in [0.2, 0.25) is 0 Å². The fourth-order valence-electron chi connectivity index (χ4n) is 7.44. The van der Waals surface area contributed by atoms with Gasteiger partial charge in [0.25, 0.3) is 11.1 Å². The monoisotopic (exact) mass is 634 g/mol. The molecule has 0 aliphatic heterocycles. The third-order valence-corrected chi connectivity index (χ3v) is 9.61. The number of benzene rings is 4. The molecule has 8 heteroatoms. The van der Waals surface area contributed by atoms with Gasteiger partial charge < -0.3 is 19.8 Å². The molecule has 2 aliphatic rings. The van der Waals surface area contributed by atoms with E-state index in [4.69, 9.17) is 0 Å². The lowest BCUT2D eigenvalue weighted by molar-refractivity contribution is 0.103. The van der Waals surface area contributed by atoms with E-state index in [1.54, 1.807) is 21.3 Å². The van der Waals surface area contributed by atoms with E-state index in [1.165, 1.54) is 0 Å². The Hall–Kier alpha value is -5.44. The second-order valence-corrected chi connectivity index (χ2v) is 12.4. The van der Waals surface area contributed by atoms with Crippen LogP contribution in [-0.4, -0.2) is 46.9 Å². The zero-order valence-electron chi connectivity index (χ0n) is 26.4. The summed E-state index contributed by atoms with van der Waals surface area (Å²) in [6, 6.07) is 29.8. The van der Waals surface area contributed by atoms with Gasteiger partial charge in [0.1, 0.15) is 0 Å². The molecule has 0 amide bonds. The Kier molecular flexibility index (Phi) is 7.67. The fraction of sp³-hybridized carbons (Fsp3) is 0.200. The molecule has 0 radical (unpaired) electrons. The van der Waals surface area contributed by atoms with Crippen LogP contribution in [0.3, 0.4) is 0 Å². The molecule has 0 spiro atoms. The van der Waals surface area contributed by atoms with E-state index >= 15 is 0 Å². The van der Waals surface area contributed by atoms with E-state index in [0.717, 1.165) is 61.5 Å². The van der Waals surface area contributed by atoms with Crippen molar-refractivity contribution >= 4 is 33.1 Å². The number of carbonyl (C=O) groups excluding carboxylic acids is 2. The molecule has 48 heavy (non-hydrogen) atoms. The Labute approximate surface area is 276 Å². The minimum atomic E-state index is -0.0699. The molecule has 2 N–H and O–H groups in total. The summed E-state index contributed by atoms with van der Waals surface area (Å²) >= 11 is 0. The minimum Gasteiger partial charge on any atom is -0.315 e. The summed E-state index contributed by atoms with van der Waals surface area (Å²) in [5.74, 6) is -0.0501. The highest BCUT2D eigenvalue weighted by atomic mass is 16.1. The van der Waals surface area contributed by atoms with Gasteiger partial charge in [0.05, 0.1) is 22.5 Å². The molecule has 6 aromatic rings. The maximum Gasteiger partial charge on any atom is 0.258 e. The molecule has 0 bridgehead atoms. The molecule has 8 rings (SSSR count). The molecule has 0 fully saturated rings. The summed E-state index contributed by atoms with van der Waals surface area (Å²) in [5.41, 5.74) is 5.50. The van der Waals surface area contributed by atoms with Crippen LogP contribution in [0.25, 0.3) is 44.1 Å². The molecule has 8 nitrogen and oxygen atoms in total. The summed E-state index contributed by atoms with van der Waals surface area (Å²) in [5, 5.41) is 9.49. The molecule has 0 saturated heterocycles. The van der Waals surface area contributed by atoms with Crippen molar-refractivity contribution in [3.8, 4) is 22.5 Å². The van der Waals surface area contributed by atoms with Gasteiger partial charge in [-0.2, -0.15) is 0 Å².